The summed E-state index contributed by atoms with van der Waals surface area (Å²) in [6.45, 7) is 7.95. The van der Waals surface area contributed by atoms with Gasteiger partial charge in [-0.05, 0) is 118 Å². The van der Waals surface area contributed by atoms with E-state index >= 15 is 0 Å². The average Bonchev–Trinajstić information content (AvgIpc) is 3.68. The van der Waals surface area contributed by atoms with E-state index < -0.39 is 29.6 Å². The van der Waals surface area contributed by atoms with Crippen molar-refractivity contribution in [1.29, 1.82) is 0 Å². The highest BCUT2D eigenvalue weighted by Gasteiger charge is 2.35. The number of nitrogens with two attached hydrogens (primary N) is 1. The van der Waals surface area contributed by atoms with E-state index in [1.165, 1.54) is 4.90 Å². The number of imidazole rings is 1. The molecule has 12 nitrogen and oxygen atoms in total. The fourth-order valence-corrected chi connectivity index (χ4v) is 6.59. The number of nitrogens with zero attached hydrogens (tertiary/aromatic N) is 2. The number of ether oxygens (including phenoxy) is 1. The quantitative estimate of drug-likeness (QED) is 0.146. The number of imide groups is 1. The minimum Gasteiger partial charge on any atom is -0.444 e. The maximum absolute atomic E-state index is 14.1. The first-order chi connectivity index (χ1) is 23.4. The molecule has 49 heavy (non-hydrogen) atoms. The van der Waals surface area contributed by atoms with Gasteiger partial charge in [-0.2, -0.15) is 0 Å². The Labute approximate surface area is 283 Å². The summed E-state index contributed by atoms with van der Waals surface area (Å²) < 4.78 is 5.35. The number of carbonyl (C=O) groups is 3. The summed E-state index contributed by atoms with van der Waals surface area (Å²) in [5.74, 6) is -1.04. The number of rotatable bonds is 8. The number of fused-ring (bicyclic) bond motifs is 2. The average molecular weight is 666 g/mol. The molecule has 6 N–H and O–H groups in total. The number of alkyl carbamates (subject to hydrolysis) is 1. The number of amides is 3. The van der Waals surface area contributed by atoms with E-state index in [4.69, 9.17) is 10.5 Å². The van der Waals surface area contributed by atoms with Gasteiger partial charge in [-0.1, -0.05) is 24.3 Å². The number of aromatic amines is 3. The molecule has 0 saturated heterocycles. The summed E-state index contributed by atoms with van der Waals surface area (Å²) >= 11 is 0. The van der Waals surface area contributed by atoms with Crippen molar-refractivity contribution in [3.63, 3.8) is 0 Å². The highest BCUT2D eigenvalue weighted by molar-refractivity contribution is 6.17. The zero-order chi connectivity index (χ0) is 34.9. The fourth-order valence-electron chi connectivity index (χ4n) is 6.59. The molecule has 0 aliphatic heterocycles. The number of carbonyl (C=O) groups excluding carboxylic acids is 3. The number of benzene rings is 3. The second kappa shape index (κ2) is 13.7. The van der Waals surface area contributed by atoms with Crippen molar-refractivity contribution in [3.05, 3.63) is 82.4 Å². The van der Waals surface area contributed by atoms with E-state index in [1.807, 2.05) is 58.0 Å². The van der Waals surface area contributed by atoms with Crippen LogP contribution >= 0.6 is 0 Å². The Kier molecular flexibility index (Phi) is 9.42. The summed E-state index contributed by atoms with van der Waals surface area (Å²) in [5.41, 5.74) is 12.4. The molecule has 5 aromatic rings. The van der Waals surface area contributed by atoms with E-state index in [9.17, 15) is 19.2 Å². The molecule has 0 radical (unpaired) electrons. The molecule has 256 valence electrons. The number of hydrogen-bond donors (Lipinski definition) is 5. The zero-order valence-corrected chi connectivity index (χ0v) is 28.3. The monoisotopic (exact) mass is 665 g/mol. The molecule has 3 aromatic carbocycles. The van der Waals surface area contributed by atoms with Crippen LogP contribution < -0.4 is 21.5 Å². The molecule has 2 aromatic heterocycles. The van der Waals surface area contributed by atoms with Crippen LogP contribution in [0.4, 0.5) is 10.5 Å². The SMILES string of the molecule is Cc1cc2nc[nH]c2cc1-c1ccc(C[C@H](N)C(=O)N(c2ccc3c(=O)[nH][nH]c3c2)C(=O)[C@H]2CC[C@H](CNC(=O)OC(C)(C)C)CC2)cc1. The second-order valence-corrected chi connectivity index (χ2v) is 14.0. The van der Waals surface area contributed by atoms with E-state index in [0.717, 1.165) is 33.3 Å². The van der Waals surface area contributed by atoms with E-state index in [-0.39, 0.29) is 23.8 Å². The standard InChI is InChI=1S/C37H43N7O5/c1-21-15-31-32(41-20-40-31)18-28(21)24-9-5-22(6-10-24)16-29(38)35(47)44(26-13-14-27-30(17-26)42-43-33(27)45)34(46)25-11-7-23(8-12-25)19-39-36(48)49-37(2,3)4/h5-6,9-10,13-15,17-18,20,23,25,29H,7-8,11-12,16,19,38H2,1-4H3,(H,39,48)(H,40,41)(H2,42,43,45)/t23-,25-,29-/m0/s1. The van der Waals surface area contributed by atoms with Crippen LogP contribution in [-0.2, 0) is 20.7 Å². The molecule has 1 aliphatic rings. The van der Waals surface area contributed by atoms with Crippen molar-refractivity contribution in [2.45, 2.75) is 71.4 Å². The fraction of sp³-hybridized carbons (Fsp3) is 0.378. The van der Waals surface area contributed by atoms with Crippen LogP contribution in [0.15, 0.2) is 65.7 Å². The zero-order valence-electron chi connectivity index (χ0n) is 28.3. The van der Waals surface area contributed by atoms with Gasteiger partial charge in [0, 0.05) is 12.5 Å². The normalized spacial score (nSPS) is 17.2. The van der Waals surface area contributed by atoms with Gasteiger partial charge >= 0.3 is 6.09 Å². The van der Waals surface area contributed by atoms with Crippen LogP contribution in [0.2, 0.25) is 0 Å². The molecular formula is C37H43N7O5. The maximum Gasteiger partial charge on any atom is 0.407 e. The molecule has 1 saturated carbocycles. The third-order valence-electron chi connectivity index (χ3n) is 9.19. The molecule has 1 aliphatic carbocycles. The maximum atomic E-state index is 14.1. The van der Waals surface area contributed by atoms with Gasteiger partial charge in [0.15, 0.2) is 0 Å². The van der Waals surface area contributed by atoms with E-state index in [2.05, 4.69) is 31.5 Å². The van der Waals surface area contributed by atoms with Crippen molar-refractivity contribution >= 4 is 45.5 Å². The van der Waals surface area contributed by atoms with Gasteiger partial charge in [0.25, 0.3) is 11.5 Å². The molecule has 12 heteroatoms. The van der Waals surface area contributed by atoms with Gasteiger partial charge in [-0.15, -0.1) is 0 Å². The number of aromatic nitrogens is 4. The van der Waals surface area contributed by atoms with Gasteiger partial charge in [-0.25, -0.2) is 14.7 Å². The van der Waals surface area contributed by atoms with Crippen LogP contribution in [0, 0.1) is 18.8 Å². The van der Waals surface area contributed by atoms with E-state index in [1.54, 1.807) is 24.5 Å². The van der Waals surface area contributed by atoms with Crippen LogP contribution in [0.3, 0.4) is 0 Å². The second-order valence-electron chi connectivity index (χ2n) is 14.0. The minimum atomic E-state index is -0.992. The van der Waals surface area contributed by atoms with Gasteiger partial charge < -0.3 is 20.8 Å². The Morgan fingerprint density at radius 3 is 2.45 bits per heavy atom. The Morgan fingerprint density at radius 2 is 1.73 bits per heavy atom. The Hall–Kier alpha value is -5.23. The van der Waals surface area contributed by atoms with Crippen LogP contribution in [0.1, 0.15) is 57.6 Å². The van der Waals surface area contributed by atoms with Gasteiger partial charge in [0.2, 0.25) is 5.91 Å². The smallest absolute Gasteiger partial charge is 0.407 e. The lowest BCUT2D eigenvalue weighted by atomic mass is 9.81. The van der Waals surface area contributed by atoms with Gasteiger partial charge in [0.05, 0.1) is 40.0 Å². The van der Waals surface area contributed by atoms with Crippen molar-refractivity contribution in [1.82, 2.24) is 25.5 Å². The van der Waals surface area contributed by atoms with Crippen molar-refractivity contribution in [2.24, 2.45) is 17.6 Å². The molecule has 1 fully saturated rings. The lowest BCUT2D eigenvalue weighted by molar-refractivity contribution is -0.130. The topological polar surface area (TPSA) is 179 Å². The van der Waals surface area contributed by atoms with Crippen LogP contribution in [0.25, 0.3) is 33.1 Å². The molecule has 2 heterocycles. The third kappa shape index (κ3) is 7.59. The first-order valence-electron chi connectivity index (χ1n) is 16.7. The first-order valence-corrected chi connectivity index (χ1v) is 16.7. The lowest BCUT2D eigenvalue weighted by Crippen LogP contribution is -2.50. The summed E-state index contributed by atoms with van der Waals surface area (Å²) in [4.78, 5) is 61.2. The number of aryl methyl sites for hydroxylation is 1. The molecule has 3 amide bonds. The lowest BCUT2D eigenvalue weighted by Gasteiger charge is -2.32. The predicted molar refractivity (Wildman–Crippen MR) is 189 cm³/mol. The number of nitrogens with one attached hydrogen (secondary N) is 4. The first kappa shape index (κ1) is 33.7. The van der Waals surface area contributed by atoms with Crippen LogP contribution in [0.5, 0.6) is 0 Å². The minimum absolute atomic E-state index is 0.192. The number of H-pyrrole nitrogens is 3. The Balaban J connectivity index is 1.17. The van der Waals surface area contributed by atoms with Crippen molar-refractivity contribution < 1.29 is 19.1 Å². The summed E-state index contributed by atoms with van der Waals surface area (Å²) in [6, 6.07) is 15.9. The Bertz CT molecular complexity index is 2050. The Morgan fingerprint density at radius 1 is 1.00 bits per heavy atom. The van der Waals surface area contributed by atoms with Crippen molar-refractivity contribution in [3.8, 4) is 11.1 Å². The molecule has 1 atom stereocenters. The number of anilines is 1. The van der Waals surface area contributed by atoms with Gasteiger partial charge in [0.1, 0.15) is 5.60 Å². The molecule has 0 spiro atoms. The number of hydrogen-bond acceptors (Lipinski definition) is 7. The molecule has 0 bridgehead atoms. The largest absolute Gasteiger partial charge is 0.444 e. The van der Waals surface area contributed by atoms with E-state index in [0.29, 0.717) is 48.8 Å². The summed E-state index contributed by atoms with van der Waals surface area (Å²) in [5, 5.41) is 8.62. The van der Waals surface area contributed by atoms with Gasteiger partial charge in [-0.3, -0.25) is 24.6 Å². The predicted octanol–water partition coefficient (Wildman–Crippen LogP) is 5.47. The highest BCUT2D eigenvalue weighted by Crippen LogP contribution is 2.33. The molecule has 0 unspecified atom stereocenters. The van der Waals surface area contributed by atoms with Crippen LogP contribution in [-0.4, -0.2) is 56.3 Å². The molecule has 6 rings (SSSR count). The highest BCUT2D eigenvalue weighted by atomic mass is 16.6. The third-order valence-corrected chi connectivity index (χ3v) is 9.19. The summed E-state index contributed by atoms with van der Waals surface area (Å²) in [6.07, 6.45) is 3.99. The van der Waals surface area contributed by atoms with Crippen molar-refractivity contribution in [2.75, 3.05) is 11.4 Å². The molecular weight excluding hydrogens is 622 g/mol. The summed E-state index contributed by atoms with van der Waals surface area (Å²) in [7, 11) is 0.